The van der Waals surface area contributed by atoms with E-state index in [-0.39, 0.29) is 12.5 Å². The van der Waals surface area contributed by atoms with Gasteiger partial charge in [-0.3, -0.25) is 4.79 Å². The SMILES string of the molecule is CCOc1ccc(OCC(=O)Nc2ccc(N)cc2Cl)cc1. The van der Waals surface area contributed by atoms with Crippen LogP contribution < -0.4 is 20.5 Å². The van der Waals surface area contributed by atoms with Gasteiger partial charge < -0.3 is 20.5 Å². The second-order valence-corrected chi connectivity index (χ2v) is 4.89. The highest BCUT2D eigenvalue weighted by Gasteiger charge is 2.07. The van der Waals surface area contributed by atoms with Crippen molar-refractivity contribution in [2.75, 3.05) is 24.3 Å². The van der Waals surface area contributed by atoms with Gasteiger partial charge in [-0.2, -0.15) is 0 Å². The molecule has 2 aromatic rings. The molecule has 0 fully saturated rings. The molecule has 0 unspecified atom stereocenters. The van der Waals surface area contributed by atoms with Gasteiger partial charge >= 0.3 is 0 Å². The lowest BCUT2D eigenvalue weighted by Crippen LogP contribution is -2.20. The van der Waals surface area contributed by atoms with Gasteiger partial charge in [0.2, 0.25) is 0 Å². The Balaban J connectivity index is 1.87. The Hall–Kier alpha value is -2.40. The van der Waals surface area contributed by atoms with Crippen molar-refractivity contribution in [3.8, 4) is 11.5 Å². The first-order chi connectivity index (χ1) is 10.6. The lowest BCUT2D eigenvalue weighted by molar-refractivity contribution is -0.118. The fourth-order valence-corrected chi connectivity index (χ4v) is 2.00. The van der Waals surface area contributed by atoms with Gasteiger partial charge in [-0.15, -0.1) is 0 Å². The number of amides is 1. The van der Waals surface area contributed by atoms with E-state index in [4.69, 9.17) is 26.8 Å². The molecule has 0 aliphatic heterocycles. The van der Waals surface area contributed by atoms with Gasteiger partial charge in [-0.05, 0) is 49.4 Å². The highest BCUT2D eigenvalue weighted by Crippen LogP contribution is 2.24. The minimum absolute atomic E-state index is 0.116. The molecule has 0 aliphatic carbocycles. The van der Waals surface area contributed by atoms with E-state index in [1.54, 1.807) is 42.5 Å². The van der Waals surface area contributed by atoms with Crippen molar-refractivity contribution < 1.29 is 14.3 Å². The van der Waals surface area contributed by atoms with Crippen LogP contribution in [0.15, 0.2) is 42.5 Å². The van der Waals surface area contributed by atoms with Crippen LogP contribution in [0, 0.1) is 0 Å². The second kappa shape index (κ2) is 7.56. The van der Waals surface area contributed by atoms with Crippen LogP contribution in [0.3, 0.4) is 0 Å². The Morgan fingerprint density at radius 3 is 2.36 bits per heavy atom. The molecule has 1 amide bonds. The maximum absolute atomic E-state index is 11.8. The van der Waals surface area contributed by atoms with Crippen molar-refractivity contribution >= 4 is 28.9 Å². The number of nitrogens with one attached hydrogen (secondary N) is 1. The quantitative estimate of drug-likeness (QED) is 0.801. The van der Waals surface area contributed by atoms with E-state index in [9.17, 15) is 4.79 Å². The van der Waals surface area contributed by atoms with Crippen LogP contribution in [-0.2, 0) is 4.79 Å². The lowest BCUT2D eigenvalue weighted by Gasteiger charge is -2.10. The summed E-state index contributed by atoms with van der Waals surface area (Å²) in [5.74, 6) is 1.04. The predicted octanol–water partition coefficient (Wildman–Crippen LogP) is 3.34. The van der Waals surface area contributed by atoms with E-state index >= 15 is 0 Å². The summed E-state index contributed by atoms with van der Waals surface area (Å²) in [7, 11) is 0. The van der Waals surface area contributed by atoms with E-state index in [1.165, 1.54) is 0 Å². The molecule has 0 aliphatic rings. The van der Waals surface area contributed by atoms with Crippen molar-refractivity contribution in [2.45, 2.75) is 6.92 Å². The summed E-state index contributed by atoms with van der Waals surface area (Å²) in [4.78, 5) is 11.8. The predicted molar refractivity (Wildman–Crippen MR) is 87.6 cm³/mol. The molecule has 0 radical (unpaired) electrons. The number of rotatable bonds is 6. The van der Waals surface area contributed by atoms with Gasteiger partial charge in [0, 0.05) is 5.69 Å². The maximum atomic E-state index is 11.8. The zero-order chi connectivity index (χ0) is 15.9. The monoisotopic (exact) mass is 320 g/mol. The number of hydrogen-bond acceptors (Lipinski definition) is 4. The molecule has 0 aromatic heterocycles. The standard InChI is InChI=1S/C16H17ClN2O3/c1-2-21-12-4-6-13(7-5-12)22-10-16(20)19-15-8-3-11(18)9-14(15)17/h3-9H,2,10,18H2,1H3,(H,19,20). The summed E-state index contributed by atoms with van der Waals surface area (Å²) >= 11 is 5.99. The first-order valence-corrected chi connectivity index (χ1v) is 7.17. The van der Waals surface area contributed by atoms with E-state index in [0.29, 0.717) is 28.8 Å². The average Bonchev–Trinajstić information content (AvgIpc) is 2.50. The van der Waals surface area contributed by atoms with Crippen LogP contribution in [0.5, 0.6) is 11.5 Å². The van der Waals surface area contributed by atoms with Gasteiger partial charge in [0.25, 0.3) is 5.91 Å². The summed E-state index contributed by atoms with van der Waals surface area (Å²) in [6, 6.07) is 11.9. The summed E-state index contributed by atoms with van der Waals surface area (Å²) in [6.07, 6.45) is 0. The molecule has 0 spiro atoms. The maximum Gasteiger partial charge on any atom is 0.262 e. The third-order valence-electron chi connectivity index (χ3n) is 2.77. The average molecular weight is 321 g/mol. The van der Waals surface area contributed by atoms with Crippen molar-refractivity contribution in [2.24, 2.45) is 0 Å². The Morgan fingerprint density at radius 1 is 1.14 bits per heavy atom. The fourth-order valence-electron chi connectivity index (χ4n) is 1.77. The van der Waals surface area contributed by atoms with E-state index in [1.807, 2.05) is 6.92 Å². The van der Waals surface area contributed by atoms with Crippen LogP contribution in [0.1, 0.15) is 6.92 Å². The molecule has 0 bridgehead atoms. The number of benzene rings is 2. The van der Waals surface area contributed by atoms with Crippen LogP contribution in [-0.4, -0.2) is 19.1 Å². The molecule has 0 heterocycles. The van der Waals surface area contributed by atoms with E-state index < -0.39 is 0 Å². The largest absolute Gasteiger partial charge is 0.494 e. The van der Waals surface area contributed by atoms with E-state index in [2.05, 4.69) is 5.32 Å². The Morgan fingerprint density at radius 2 is 1.77 bits per heavy atom. The normalized spacial score (nSPS) is 10.1. The molecule has 6 heteroatoms. The lowest BCUT2D eigenvalue weighted by atomic mass is 10.3. The second-order valence-electron chi connectivity index (χ2n) is 4.48. The first kappa shape index (κ1) is 16.0. The third-order valence-corrected chi connectivity index (χ3v) is 3.08. The highest BCUT2D eigenvalue weighted by atomic mass is 35.5. The number of halogens is 1. The van der Waals surface area contributed by atoms with Crippen LogP contribution >= 0.6 is 11.6 Å². The van der Waals surface area contributed by atoms with Crippen LogP contribution in [0.4, 0.5) is 11.4 Å². The zero-order valence-electron chi connectivity index (χ0n) is 12.1. The first-order valence-electron chi connectivity index (χ1n) is 6.79. The summed E-state index contributed by atoms with van der Waals surface area (Å²) in [6.45, 7) is 2.40. The molecule has 22 heavy (non-hydrogen) atoms. The zero-order valence-corrected chi connectivity index (χ0v) is 12.9. The number of nitrogens with two attached hydrogens (primary N) is 1. The summed E-state index contributed by atoms with van der Waals surface area (Å²) < 4.78 is 10.7. The number of ether oxygens (including phenoxy) is 2. The van der Waals surface area contributed by atoms with Gasteiger partial charge in [0.1, 0.15) is 11.5 Å². The van der Waals surface area contributed by atoms with Crippen molar-refractivity contribution in [3.63, 3.8) is 0 Å². The fraction of sp³-hybridized carbons (Fsp3) is 0.188. The molecule has 116 valence electrons. The Labute approximate surface area is 134 Å². The number of anilines is 2. The summed E-state index contributed by atoms with van der Waals surface area (Å²) in [5.41, 5.74) is 6.63. The summed E-state index contributed by atoms with van der Waals surface area (Å²) in [5, 5.41) is 3.05. The van der Waals surface area contributed by atoms with Gasteiger partial charge in [-0.1, -0.05) is 11.6 Å². The molecule has 2 aromatic carbocycles. The minimum atomic E-state index is -0.305. The van der Waals surface area contributed by atoms with Gasteiger partial charge in [-0.25, -0.2) is 0 Å². The molecule has 5 nitrogen and oxygen atoms in total. The van der Waals surface area contributed by atoms with Crippen molar-refractivity contribution in [1.82, 2.24) is 0 Å². The number of carbonyl (C=O) groups is 1. The number of nitrogen functional groups attached to an aromatic ring is 1. The van der Waals surface area contributed by atoms with Gasteiger partial charge in [0.05, 0.1) is 17.3 Å². The van der Waals surface area contributed by atoms with Crippen molar-refractivity contribution in [1.29, 1.82) is 0 Å². The topological polar surface area (TPSA) is 73.6 Å². The molecule has 0 saturated heterocycles. The third kappa shape index (κ3) is 4.56. The molecule has 0 atom stereocenters. The van der Waals surface area contributed by atoms with Gasteiger partial charge in [0.15, 0.2) is 6.61 Å². The molecular weight excluding hydrogens is 304 g/mol. The van der Waals surface area contributed by atoms with Crippen LogP contribution in [0.2, 0.25) is 5.02 Å². The Bertz CT molecular complexity index is 644. The minimum Gasteiger partial charge on any atom is -0.494 e. The molecule has 3 N–H and O–H groups in total. The van der Waals surface area contributed by atoms with Crippen LogP contribution in [0.25, 0.3) is 0 Å². The highest BCUT2D eigenvalue weighted by molar-refractivity contribution is 6.34. The number of hydrogen-bond donors (Lipinski definition) is 2. The Kier molecular flexibility index (Phi) is 5.49. The molecule has 2 rings (SSSR count). The molecule has 0 saturated carbocycles. The molecular formula is C16H17ClN2O3. The van der Waals surface area contributed by atoms with E-state index in [0.717, 1.165) is 5.75 Å². The van der Waals surface area contributed by atoms with Crippen molar-refractivity contribution in [3.05, 3.63) is 47.5 Å². The smallest absolute Gasteiger partial charge is 0.262 e. The number of carbonyl (C=O) groups excluding carboxylic acids is 1.